The van der Waals surface area contributed by atoms with Crippen molar-refractivity contribution in [3.63, 3.8) is 0 Å². The lowest BCUT2D eigenvalue weighted by molar-refractivity contribution is -0.385. The van der Waals surface area contributed by atoms with E-state index in [9.17, 15) is 14.9 Å². The highest BCUT2D eigenvalue weighted by molar-refractivity contribution is 5.85. The minimum Gasteiger partial charge on any atom is -0.477 e. The quantitative estimate of drug-likeness (QED) is 0.639. The van der Waals surface area contributed by atoms with E-state index >= 15 is 0 Å². The van der Waals surface area contributed by atoms with Gasteiger partial charge in [-0.1, -0.05) is 18.2 Å². The smallest absolute Gasteiger partial charge is 0.354 e. The highest BCUT2D eigenvalue weighted by atomic mass is 16.6. The number of carboxylic acids is 1. The molecule has 1 aromatic heterocycles. The molecular formula is C13H11N3O4. The van der Waals surface area contributed by atoms with Crippen molar-refractivity contribution in [1.82, 2.24) is 4.98 Å². The van der Waals surface area contributed by atoms with Crippen molar-refractivity contribution in [1.29, 1.82) is 0 Å². The predicted molar refractivity (Wildman–Crippen MR) is 71.6 cm³/mol. The monoisotopic (exact) mass is 273 g/mol. The number of hydrogen-bond donors (Lipinski definition) is 2. The number of para-hydroxylation sites is 1. The van der Waals surface area contributed by atoms with Crippen LogP contribution in [0, 0.1) is 10.1 Å². The fraction of sp³-hybridized carbons (Fsp3) is 0.0769. The van der Waals surface area contributed by atoms with E-state index in [1.165, 1.54) is 18.3 Å². The molecule has 7 nitrogen and oxygen atoms in total. The maximum absolute atomic E-state index is 10.9. The van der Waals surface area contributed by atoms with E-state index in [1.54, 1.807) is 24.3 Å². The second kappa shape index (κ2) is 5.79. The van der Waals surface area contributed by atoms with Gasteiger partial charge in [0.1, 0.15) is 5.69 Å². The van der Waals surface area contributed by atoms with E-state index in [0.29, 0.717) is 11.3 Å². The Labute approximate surface area is 114 Å². The number of rotatable bonds is 5. The highest BCUT2D eigenvalue weighted by Crippen LogP contribution is 2.19. The summed E-state index contributed by atoms with van der Waals surface area (Å²) in [5.74, 6) is -1.10. The van der Waals surface area contributed by atoms with Crippen molar-refractivity contribution in [2.24, 2.45) is 0 Å². The first-order valence-electron chi connectivity index (χ1n) is 5.73. The van der Waals surface area contributed by atoms with Crippen molar-refractivity contribution in [2.75, 3.05) is 5.32 Å². The van der Waals surface area contributed by atoms with Crippen LogP contribution >= 0.6 is 0 Å². The third-order valence-corrected chi connectivity index (χ3v) is 2.65. The molecule has 0 unspecified atom stereocenters. The fourth-order valence-corrected chi connectivity index (χ4v) is 1.66. The van der Waals surface area contributed by atoms with Gasteiger partial charge >= 0.3 is 5.97 Å². The Balaban J connectivity index is 2.09. The zero-order valence-electron chi connectivity index (χ0n) is 10.3. The van der Waals surface area contributed by atoms with E-state index in [4.69, 9.17) is 5.11 Å². The molecule has 0 bridgehead atoms. The average Bonchev–Trinajstić information content (AvgIpc) is 2.45. The van der Waals surface area contributed by atoms with Crippen molar-refractivity contribution < 1.29 is 14.8 Å². The van der Waals surface area contributed by atoms with Crippen molar-refractivity contribution in [3.05, 3.63) is 64.0 Å². The first kappa shape index (κ1) is 13.5. The van der Waals surface area contributed by atoms with Gasteiger partial charge in [0.2, 0.25) is 0 Å². The van der Waals surface area contributed by atoms with Crippen LogP contribution in [0.4, 0.5) is 11.4 Å². The van der Waals surface area contributed by atoms with Crippen molar-refractivity contribution in [3.8, 4) is 0 Å². The molecular weight excluding hydrogens is 262 g/mol. The van der Waals surface area contributed by atoms with Gasteiger partial charge in [0.25, 0.3) is 5.69 Å². The van der Waals surface area contributed by atoms with Crippen LogP contribution in [0.15, 0.2) is 42.6 Å². The zero-order chi connectivity index (χ0) is 14.5. The summed E-state index contributed by atoms with van der Waals surface area (Å²) >= 11 is 0. The van der Waals surface area contributed by atoms with Crippen LogP contribution in [0.3, 0.4) is 0 Å². The average molecular weight is 273 g/mol. The number of nitro groups is 1. The third kappa shape index (κ3) is 3.08. The van der Waals surface area contributed by atoms with Crippen LogP contribution in [0.2, 0.25) is 0 Å². The van der Waals surface area contributed by atoms with E-state index in [2.05, 4.69) is 10.3 Å². The van der Waals surface area contributed by atoms with Crippen LogP contribution < -0.4 is 5.32 Å². The van der Waals surface area contributed by atoms with Crippen molar-refractivity contribution in [2.45, 2.75) is 6.54 Å². The van der Waals surface area contributed by atoms with Crippen LogP contribution in [-0.4, -0.2) is 21.0 Å². The van der Waals surface area contributed by atoms with E-state index in [-0.39, 0.29) is 17.9 Å². The Morgan fingerprint density at radius 2 is 2.05 bits per heavy atom. The van der Waals surface area contributed by atoms with Crippen LogP contribution in [0.5, 0.6) is 0 Å². The molecule has 0 fully saturated rings. The minimum absolute atomic E-state index is 0.0371. The van der Waals surface area contributed by atoms with E-state index in [1.807, 2.05) is 0 Å². The fourth-order valence-electron chi connectivity index (χ4n) is 1.66. The molecule has 0 aliphatic rings. The minimum atomic E-state index is -1.10. The maximum atomic E-state index is 10.9. The van der Waals surface area contributed by atoms with E-state index < -0.39 is 10.9 Å². The molecule has 20 heavy (non-hydrogen) atoms. The number of aromatic nitrogens is 1. The third-order valence-electron chi connectivity index (χ3n) is 2.65. The molecule has 1 aromatic carbocycles. The number of nitrogens with zero attached hydrogens (tertiary/aromatic N) is 2. The second-order valence-corrected chi connectivity index (χ2v) is 3.98. The number of pyridine rings is 1. The normalized spacial score (nSPS) is 10.0. The van der Waals surface area contributed by atoms with Gasteiger partial charge in [0.05, 0.1) is 16.8 Å². The Kier molecular flexibility index (Phi) is 3.90. The summed E-state index contributed by atoms with van der Waals surface area (Å²) in [5, 5.41) is 22.5. The van der Waals surface area contributed by atoms with Crippen LogP contribution in [-0.2, 0) is 6.54 Å². The molecule has 0 aliphatic carbocycles. The van der Waals surface area contributed by atoms with Gasteiger partial charge in [-0.2, -0.15) is 0 Å². The lowest BCUT2D eigenvalue weighted by Gasteiger charge is -2.06. The molecule has 0 spiro atoms. The molecule has 0 amide bonds. The number of anilines is 1. The van der Waals surface area contributed by atoms with E-state index in [0.717, 1.165) is 0 Å². The standard InChI is InChI=1S/C13H11N3O4/c17-13(18)11-6-5-10(8-15-11)14-7-9-3-1-2-4-12(9)16(19)20/h1-6,8,14H,7H2,(H,17,18). The summed E-state index contributed by atoms with van der Waals surface area (Å²) in [4.78, 5) is 24.8. The SMILES string of the molecule is O=C(O)c1ccc(NCc2ccccc2[N+](=O)[O-])cn1. The lowest BCUT2D eigenvalue weighted by atomic mass is 10.2. The molecule has 2 N–H and O–H groups in total. The molecule has 0 atom stereocenters. The molecule has 0 saturated carbocycles. The Bertz CT molecular complexity index is 640. The molecule has 2 rings (SSSR count). The summed E-state index contributed by atoms with van der Waals surface area (Å²) in [6.45, 7) is 0.255. The number of carboxylic acid groups (broad SMARTS) is 1. The molecule has 0 saturated heterocycles. The summed E-state index contributed by atoms with van der Waals surface area (Å²) in [6, 6.07) is 9.34. The molecule has 0 aliphatic heterocycles. The van der Waals surface area contributed by atoms with Gasteiger partial charge in [-0.25, -0.2) is 9.78 Å². The van der Waals surface area contributed by atoms with Gasteiger partial charge in [-0.05, 0) is 12.1 Å². The summed E-state index contributed by atoms with van der Waals surface area (Å²) in [6.07, 6.45) is 1.37. The summed E-state index contributed by atoms with van der Waals surface area (Å²) in [5.41, 5.74) is 1.12. The van der Waals surface area contributed by atoms with Gasteiger partial charge in [0.15, 0.2) is 0 Å². The Hall–Kier alpha value is -2.96. The highest BCUT2D eigenvalue weighted by Gasteiger charge is 2.11. The number of hydrogen-bond acceptors (Lipinski definition) is 5. The Morgan fingerprint density at radius 3 is 2.65 bits per heavy atom. The van der Waals surface area contributed by atoms with Gasteiger partial charge in [-0.15, -0.1) is 0 Å². The summed E-state index contributed by atoms with van der Waals surface area (Å²) in [7, 11) is 0. The lowest BCUT2D eigenvalue weighted by Crippen LogP contribution is -2.04. The van der Waals surface area contributed by atoms with Gasteiger partial charge in [0, 0.05) is 18.2 Å². The summed E-state index contributed by atoms with van der Waals surface area (Å²) < 4.78 is 0. The molecule has 1 heterocycles. The molecule has 102 valence electrons. The number of nitro benzene ring substituents is 1. The number of aromatic carboxylic acids is 1. The Morgan fingerprint density at radius 1 is 1.30 bits per heavy atom. The topological polar surface area (TPSA) is 105 Å². The largest absolute Gasteiger partial charge is 0.477 e. The molecule has 0 radical (unpaired) electrons. The first-order chi connectivity index (χ1) is 9.58. The van der Waals surface area contributed by atoms with Crippen LogP contribution in [0.1, 0.15) is 16.1 Å². The van der Waals surface area contributed by atoms with Gasteiger partial charge < -0.3 is 10.4 Å². The van der Waals surface area contributed by atoms with Crippen molar-refractivity contribution >= 4 is 17.3 Å². The zero-order valence-corrected chi connectivity index (χ0v) is 10.3. The number of nitrogens with one attached hydrogen (secondary N) is 1. The number of benzene rings is 1. The maximum Gasteiger partial charge on any atom is 0.354 e. The number of carbonyl (C=O) groups is 1. The second-order valence-electron chi connectivity index (χ2n) is 3.98. The van der Waals surface area contributed by atoms with Gasteiger partial charge in [-0.3, -0.25) is 10.1 Å². The predicted octanol–water partition coefficient (Wildman–Crippen LogP) is 2.30. The van der Waals surface area contributed by atoms with Crippen LogP contribution in [0.25, 0.3) is 0 Å². The first-order valence-corrected chi connectivity index (χ1v) is 5.73. The molecule has 7 heteroatoms. The molecule has 2 aromatic rings.